The molecule has 1 aromatic carbocycles. The molecule has 1 heterocycles. The molecule has 0 radical (unpaired) electrons. The Labute approximate surface area is 154 Å². The number of benzene rings is 1. The molecule has 1 N–H and O–H groups in total. The average molecular weight is 356 g/mol. The van der Waals surface area contributed by atoms with Crippen LogP contribution in [0.1, 0.15) is 36.7 Å². The van der Waals surface area contributed by atoms with Crippen LogP contribution in [0.4, 0.5) is 0 Å². The first kappa shape index (κ1) is 19.8. The van der Waals surface area contributed by atoms with Crippen LogP contribution in [-0.2, 0) is 0 Å². The largest absolute Gasteiger partial charge is 0.337 e. The predicted molar refractivity (Wildman–Crippen MR) is 104 cm³/mol. The van der Waals surface area contributed by atoms with Gasteiger partial charge in [0.25, 0.3) is 11.5 Å². The van der Waals surface area contributed by atoms with Gasteiger partial charge in [-0.1, -0.05) is 43.7 Å². The Hall–Kier alpha value is -2.47. The van der Waals surface area contributed by atoms with Gasteiger partial charge in [-0.05, 0) is 26.9 Å². The number of likely N-dealkylation sites (N-methyl/N-ethyl adjacent to an activating group) is 2. The normalized spacial score (nSPS) is 11.0. The van der Waals surface area contributed by atoms with Crippen molar-refractivity contribution in [1.29, 1.82) is 0 Å². The van der Waals surface area contributed by atoms with Gasteiger partial charge in [-0.15, -0.1) is 0 Å². The topological polar surface area (TPSA) is 69.3 Å². The van der Waals surface area contributed by atoms with Crippen LogP contribution in [0.3, 0.4) is 0 Å². The molecule has 26 heavy (non-hydrogen) atoms. The standard InChI is InChI=1S/C20H28N4O2/c1-5-23(6-2)12-13-24(7-3)20(26)17-14-21-18(22-19(17)25)16-10-8-15(4)9-11-16/h8-11,14H,5-7,12-13H2,1-4H3,(H,21,22,25). The van der Waals surface area contributed by atoms with Gasteiger partial charge in [0.15, 0.2) is 0 Å². The molecule has 1 amide bonds. The van der Waals surface area contributed by atoms with Gasteiger partial charge in [-0.25, -0.2) is 4.98 Å². The first-order chi connectivity index (χ1) is 12.5. The third kappa shape index (κ3) is 4.79. The van der Waals surface area contributed by atoms with Gasteiger partial charge in [-0.3, -0.25) is 9.59 Å². The molecule has 0 aliphatic rings. The summed E-state index contributed by atoms with van der Waals surface area (Å²) in [5.74, 6) is 0.196. The van der Waals surface area contributed by atoms with Crippen LogP contribution >= 0.6 is 0 Å². The number of carbonyl (C=O) groups is 1. The van der Waals surface area contributed by atoms with Crippen molar-refractivity contribution in [3.05, 3.63) is 51.9 Å². The van der Waals surface area contributed by atoms with Gasteiger partial charge in [-0.2, -0.15) is 0 Å². The Bertz CT molecular complexity index is 779. The number of aromatic nitrogens is 2. The van der Waals surface area contributed by atoms with Crippen molar-refractivity contribution in [2.75, 3.05) is 32.7 Å². The summed E-state index contributed by atoms with van der Waals surface area (Å²) >= 11 is 0. The van der Waals surface area contributed by atoms with Crippen LogP contribution in [0.2, 0.25) is 0 Å². The third-order valence-electron chi connectivity index (χ3n) is 4.60. The zero-order valence-corrected chi connectivity index (χ0v) is 16.1. The Morgan fingerprint density at radius 1 is 1.04 bits per heavy atom. The van der Waals surface area contributed by atoms with Gasteiger partial charge in [0, 0.05) is 31.4 Å². The molecule has 0 bridgehead atoms. The van der Waals surface area contributed by atoms with E-state index in [9.17, 15) is 9.59 Å². The van der Waals surface area contributed by atoms with Crippen molar-refractivity contribution < 1.29 is 4.79 Å². The predicted octanol–water partition coefficient (Wildman–Crippen LogP) is 2.55. The minimum atomic E-state index is -0.401. The molecule has 0 saturated heterocycles. The van der Waals surface area contributed by atoms with E-state index in [0.717, 1.165) is 30.8 Å². The maximum atomic E-state index is 12.7. The van der Waals surface area contributed by atoms with E-state index in [1.54, 1.807) is 4.90 Å². The summed E-state index contributed by atoms with van der Waals surface area (Å²) in [6.45, 7) is 11.9. The highest BCUT2D eigenvalue weighted by atomic mass is 16.2. The second kappa shape index (κ2) is 9.29. The van der Waals surface area contributed by atoms with Crippen molar-refractivity contribution in [3.63, 3.8) is 0 Å². The lowest BCUT2D eigenvalue weighted by atomic mass is 10.1. The van der Waals surface area contributed by atoms with Crippen LogP contribution in [-0.4, -0.2) is 58.4 Å². The molecule has 0 aliphatic heterocycles. The minimum Gasteiger partial charge on any atom is -0.337 e. The van der Waals surface area contributed by atoms with Crippen LogP contribution in [0.25, 0.3) is 11.4 Å². The molecular formula is C20H28N4O2. The number of carbonyl (C=O) groups excluding carboxylic acids is 1. The van der Waals surface area contributed by atoms with E-state index in [0.29, 0.717) is 18.9 Å². The molecule has 6 nitrogen and oxygen atoms in total. The zero-order valence-electron chi connectivity index (χ0n) is 16.1. The van der Waals surface area contributed by atoms with Gasteiger partial charge >= 0.3 is 0 Å². The maximum absolute atomic E-state index is 12.7. The molecular weight excluding hydrogens is 328 g/mol. The number of hydrogen-bond acceptors (Lipinski definition) is 4. The first-order valence-corrected chi connectivity index (χ1v) is 9.18. The molecule has 0 atom stereocenters. The van der Waals surface area contributed by atoms with Crippen molar-refractivity contribution in [3.8, 4) is 11.4 Å². The maximum Gasteiger partial charge on any atom is 0.264 e. The van der Waals surface area contributed by atoms with Crippen LogP contribution in [0.5, 0.6) is 0 Å². The Kier molecular flexibility index (Phi) is 7.09. The van der Waals surface area contributed by atoms with E-state index in [4.69, 9.17) is 0 Å². The Morgan fingerprint density at radius 3 is 2.23 bits per heavy atom. The monoisotopic (exact) mass is 356 g/mol. The van der Waals surface area contributed by atoms with E-state index in [-0.39, 0.29) is 11.5 Å². The van der Waals surface area contributed by atoms with Crippen molar-refractivity contribution >= 4 is 5.91 Å². The summed E-state index contributed by atoms with van der Waals surface area (Å²) in [5, 5.41) is 0. The first-order valence-electron chi connectivity index (χ1n) is 9.18. The summed E-state index contributed by atoms with van der Waals surface area (Å²) < 4.78 is 0. The van der Waals surface area contributed by atoms with Crippen LogP contribution < -0.4 is 5.56 Å². The summed E-state index contributed by atoms with van der Waals surface area (Å²) in [6, 6.07) is 7.72. The molecule has 0 unspecified atom stereocenters. The number of nitrogens with one attached hydrogen (secondary N) is 1. The molecule has 0 aliphatic carbocycles. The smallest absolute Gasteiger partial charge is 0.264 e. The van der Waals surface area contributed by atoms with Gasteiger partial charge < -0.3 is 14.8 Å². The molecule has 1 aromatic heterocycles. The SMILES string of the molecule is CCN(CC)CCN(CC)C(=O)c1cnc(-c2ccc(C)cc2)[nH]c1=O. The fourth-order valence-corrected chi connectivity index (χ4v) is 2.78. The number of aryl methyl sites for hydroxylation is 1. The average Bonchev–Trinajstić information content (AvgIpc) is 2.65. The Balaban J connectivity index is 2.17. The van der Waals surface area contributed by atoms with Crippen LogP contribution in [0, 0.1) is 6.92 Å². The summed E-state index contributed by atoms with van der Waals surface area (Å²) in [6.07, 6.45) is 1.39. The third-order valence-corrected chi connectivity index (χ3v) is 4.60. The van der Waals surface area contributed by atoms with Gasteiger partial charge in [0.1, 0.15) is 11.4 Å². The summed E-state index contributed by atoms with van der Waals surface area (Å²) in [5.41, 5.74) is 1.64. The molecule has 0 spiro atoms. The van der Waals surface area contributed by atoms with E-state index in [1.165, 1.54) is 6.20 Å². The van der Waals surface area contributed by atoms with E-state index in [1.807, 2.05) is 38.1 Å². The molecule has 0 fully saturated rings. The lowest BCUT2D eigenvalue weighted by Gasteiger charge is -2.25. The van der Waals surface area contributed by atoms with Crippen molar-refractivity contribution in [1.82, 2.24) is 19.8 Å². The number of hydrogen-bond donors (Lipinski definition) is 1. The highest BCUT2D eigenvalue weighted by molar-refractivity contribution is 5.93. The fraction of sp³-hybridized carbons (Fsp3) is 0.450. The quantitative estimate of drug-likeness (QED) is 0.789. The van der Waals surface area contributed by atoms with Crippen molar-refractivity contribution in [2.45, 2.75) is 27.7 Å². The van der Waals surface area contributed by atoms with Crippen LogP contribution in [0.15, 0.2) is 35.3 Å². The molecule has 0 saturated carbocycles. The Morgan fingerprint density at radius 2 is 1.69 bits per heavy atom. The minimum absolute atomic E-state index is 0.0854. The van der Waals surface area contributed by atoms with E-state index < -0.39 is 5.56 Å². The van der Waals surface area contributed by atoms with E-state index in [2.05, 4.69) is 28.7 Å². The molecule has 6 heteroatoms. The van der Waals surface area contributed by atoms with Crippen molar-refractivity contribution in [2.24, 2.45) is 0 Å². The highest BCUT2D eigenvalue weighted by Crippen LogP contribution is 2.14. The number of amides is 1. The fourth-order valence-electron chi connectivity index (χ4n) is 2.78. The lowest BCUT2D eigenvalue weighted by Crippen LogP contribution is -2.40. The molecule has 2 rings (SSSR count). The zero-order chi connectivity index (χ0) is 19.1. The highest BCUT2D eigenvalue weighted by Gasteiger charge is 2.19. The number of nitrogens with zero attached hydrogens (tertiary/aromatic N) is 3. The number of aromatic amines is 1. The number of H-pyrrole nitrogens is 1. The van der Waals surface area contributed by atoms with Gasteiger partial charge in [0.05, 0.1) is 0 Å². The molecule has 140 valence electrons. The lowest BCUT2D eigenvalue weighted by molar-refractivity contribution is 0.0744. The molecule has 2 aromatic rings. The second-order valence-electron chi connectivity index (χ2n) is 6.25. The number of rotatable bonds is 8. The summed E-state index contributed by atoms with van der Waals surface area (Å²) in [7, 11) is 0. The van der Waals surface area contributed by atoms with Gasteiger partial charge in [0.2, 0.25) is 0 Å². The summed E-state index contributed by atoms with van der Waals surface area (Å²) in [4.78, 5) is 36.1. The second-order valence-corrected chi connectivity index (χ2v) is 6.25. The van der Waals surface area contributed by atoms with E-state index >= 15 is 0 Å².